The number of hydrogen-bond donors (Lipinski definition) is 1. The monoisotopic (exact) mass is 245 g/mol. The summed E-state index contributed by atoms with van der Waals surface area (Å²) in [5, 5.41) is 7.11. The summed E-state index contributed by atoms with van der Waals surface area (Å²) >= 11 is 0. The van der Waals surface area contributed by atoms with Crippen molar-refractivity contribution in [2.24, 2.45) is 5.92 Å². The average Bonchev–Trinajstić information content (AvgIpc) is 2.66. The molecular weight excluding hydrogens is 224 g/mol. The minimum Gasteiger partial charge on any atom is -0.313 e. The quantitative estimate of drug-likeness (QED) is 0.800. The van der Waals surface area contributed by atoms with E-state index in [4.69, 9.17) is 0 Å². The van der Waals surface area contributed by atoms with Gasteiger partial charge in [0.25, 0.3) is 6.43 Å². The van der Waals surface area contributed by atoms with E-state index in [2.05, 4.69) is 24.3 Å². The molecule has 0 spiro atoms. The molecule has 1 heterocycles. The Bertz CT molecular complexity index is 334. The molecule has 1 aromatic rings. The fourth-order valence-electron chi connectivity index (χ4n) is 1.64. The Morgan fingerprint density at radius 1 is 1.41 bits per heavy atom. The highest BCUT2D eigenvalue weighted by atomic mass is 19.3. The molecule has 0 unspecified atom stereocenters. The van der Waals surface area contributed by atoms with E-state index in [0.29, 0.717) is 24.6 Å². The van der Waals surface area contributed by atoms with Crippen LogP contribution in [0.1, 0.15) is 44.9 Å². The van der Waals surface area contributed by atoms with Crippen LogP contribution in [0.3, 0.4) is 0 Å². The van der Waals surface area contributed by atoms with Crippen molar-refractivity contribution in [2.75, 3.05) is 6.54 Å². The fraction of sp³-hybridized carbons (Fsp3) is 0.750. The van der Waals surface area contributed by atoms with Crippen LogP contribution < -0.4 is 5.32 Å². The molecule has 3 nitrogen and oxygen atoms in total. The van der Waals surface area contributed by atoms with Gasteiger partial charge in [-0.05, 0) is 18.9 Å². The van der Waals surface area contributed by atoms with E-state index in [0.717, 1.165) is 13.0 Å². The number of aromatic nitrogens is 2. The molecule has 98 valence electrons. The Labute approximate surface area is 101 Å². The van der Waals surface area contributed by atoms with Crippen molar-refractivity contribution in [1.29, 1.82) is 0 Å². The van der Waals surface area contributed by atoms with Gasteiger partial charge >= 0.3 is 0 Å². The topological polar surface area (TPSA) is 29.9 Å². The van der Waals surface area contributed by atoms with Crippen molar-refractivity contribution in [3.8, 4) is 0 Å². The van der Waals surface area contributed by atoms with Crippen LogP contribution in [0.5, 0.6) is 0 Å². The molecular formula is C12H21F2N3. The minimum absolute atomic E-state index is 0.0617. The first-order chi connectivity index (χ1) is 8.06. The molecule has 5 heteroatoms. The SMILES string of the molecule is CCNCc1cnn(CCC(C)C)c1C(F)F. The summed E-state index contributed by atoms with van der Waals surface area (Å²) < 4.78 is 27.4. The lowest BCUT2D eigenvalue weighted by atomic mass is 10.1. The lowest BCUT2D eigenvalue weighted by Gasteiger charge is -2.10. The summed E-state index contributed by atoms with van der Waals surface area (Å²) in [7, 11) is 0. The smallest absolute Gasteiger partial charge is 0.280 e. The Morgan fingerprint density at radius 3 is 2.65 bits per heavy atom. The molecule has 0 saturated carbocycles. The van der Waals surface area contributed by atoms with E-state index in [-0.39, 0.29) is 5.69 Å². The second-order valence-electron chi connectivity index (χ2n) is 4.54. The van der Waals surface area contributed by atoms with Gasteiger partial charge in [0.2, 0.25) is 0 Å². The molecule has 0 aromatic carbocycles. The first-order valence-electron chi connectivity index (χ1n) is 6.09. The molecule has 17 heavy (non-hydrogen) atoms. The van der Waals surface area contributed by atoms with Crippen molar-refractivity contribution >= 4 is 0 Å². The molecule has 0 radical (unpaired) electrons. The number of nitrogens with zero attached hydrogens (tertiary/aromatic N) is 2. The number of nitrogens with one attached hydrogen (secondary N) is 1. The van der Waals surface area contributed by atoms with E-state index in [1.54, 1.807) is 6.20 Å². The molecule has 0 fully saturated rings. The predicted octanol–water partition coefficient (Wildman–Crippen LogP) is 2.98. The summed E-state index contributed by atoms with van der Waals surface area (Å²) in [6, 6.07) is 0. The van der Waals surface area contributed by atoms with E-state index in [9.17, 15) is 8.78 Å². The Balaban J connectivity index is 2.78. The van der Waals surface area contributed by atoms with Crippen LogP contribution in [-0.4, -0.2) is 16.3 Å². The van der Waals surface area contributed by atoms with Gasteiger partial charge in [-0.15, -0.1) is 0 Å². The van der Waals surface area contributed by atoms with Gasteiger partial charge in [-0.2, -0.15) is 5.10 Å². The zero-order chi connectivity index (χ0) is 12.8. The third-order valence-electron chi connectivity index (χ3n) is 2.65. The maximum absolute atomic E-state index is 13.0. The maximum atomic E-state index is 13.0. The first-order valence-corrected chi connectivity index (χ1v) is 6.09. The maximum Gasteiger partial charge on any atom is 0.280 e. The molecule has 0 aliphatic rings. The summed E-state index contributed by atoms with van der Waals surface area (Å²) in [5.74, 6) is 0.488. The number of hydrogen-bond acceptors (Lipinski definition) is 2. The van der Waals surface area contributed by atoms with Crippen LogP contribution in [0.2, 0.25) is 0 Å². The minimum atomic E-state index is -2.46. The van der Waals surface area contributed by atoms with Gasteiger partial charge in [0.1, 0.15) is 5.69 Å². The lowest BCUT2D eigenvalue weighted by Crippen LogP contribution is -2.14. The fourth-order valence-corrected chi connectivity index (χ4v) is 1.64. The van der Waals surface area contributed by atoms with Crippen LogP contribution in [0.25, 0.3) is 0 Å². The Hall–Kier alpha value is -0.970. The van der Waals surface area contributed by atoms with Gasteiger partial charge in [0.05, 0.1) is 6.20 Å². The van der Waals surface area contributed by atoms with E-state index < -0.39 is 6.43 Å². The predicted molar refractivity (Wildman–Crippen MR) is 64.0 cm³/mol. The van der Waals surface area contributed by atoms with Gasteiger partial charge in [0.15, 0.2) is 0 Å². The highest BCUT2D eigenvalue weighted by molar-refractivity contribution is 5.18. The van der Waals surface area contributed by atoms with Gasteiger partial charge in [-0.1, -0.05) is 20.8 Å². The number of halogens is 2. The zero-order valence-corrected chi connectivity index (χ0v) is 10.7. The van der Waals surface area contributed by atoms with Crippen LogP contribution in [-0.2, 0) is 13.1 Å². The first kappa shape index (κ1) is 14.1. The van der Waals surface area contributed by atoms with Gasteiger partial charge in [-0.3, -0.25) is 4.68 Å². The normalized spacial score (nSPS) is 11.7. The molecule has 0 aliphatic carbocycles. The van der Waals surface area contributed by atoms with Crippen molar-refractivity contribution in [3.63, 3.8) is 0 Å². The lowest BCUT2D eigenvalue weighted by molar-refractivity contribution is 0.137. The summed E-state index contributed by atoms with van der Waals surface area (Å²) in [5.41, 5.74) is 0.664. The average molecular weight is 245 g/mol. The molecule has 1 N–H and O–H groups in total. The van der Waals surface area contributed by atoms with Crippen LogP contribution in [0.15, 0.2) is 6.20 Å². The second kappa shape index (κ2) is 6.69. The third-order valence-corrected chi connectivity index (χ3v) is 2.65. The van der Waals surface area contributed by atoms with Crippen LogP contribution >= 0.6 is 0 Å². The Kier molecular flexibility index (Phi) is 5.55. The van der Waals surface area contributed by atoms with Crippen molar-refractivity contribution < 1.29 is 8.78 Å². The highest BCUT2D eigenvalue weighted by Crippen LogP contribution is 2.23. The van der Waals surface area contributed by atoms with Crippen molar-refractivity contribution in [3.05, 3.63) is 17.5 Å². The summed E-state index contributed by atoms with van der Waals surface area (Å²) in [6.07, 6.45) is -0.0506. The molecule has 1 aromatic heterocycles. The molecule has 0 aliphatic heterocycles. The van der Waals surface area contributed by atoms with Gasteiger partial charge < -0.3 is 5.32 Å². The second-order valence-corrected chi connectivity index (χ2v) is 4.54. The molecule has 1 rings (SSSR count). The summed E-state index contributed by atoms with van der Waals surface area (Å²) in [4.78, 5) is 0. The molecule has 0 atom stereocenters. The van der Waals surface area contributed by atoms with Crippen molar-refractivity contribution in [1.82, 2.24) is 15.1 Å². The van der Waals surface area contributed by atoms with Gasteiger partial charge in [0, 0.05) is 18.7 Å². The summed E-state index contributed by atoms with van der Waals surface area (Å²) in [6.45, 7) is 7.88. The molecule has 0 saturated heterocycles. The standard InChI is InChI=1S/C12H21F2N3/c1-4-15-7-10-8-16-17(6-5-9(2)3)11(10)12(13)14/h8-9,12,15H,4-7H2,1-3H3. The number of rotatable bonds is 7. The third kappa shape index (κ3) is 4.07. The largest absolute Gasteiger partial charge is 0.313 e. The van der Waals surface area contributed by atoms with Crippen molar-refractivity contribution in [2.45, 2.75) is 46.7 Å². The van der Waals surface area contributed by atoms with E-state index >= 15 is 0 Å². The zero-order valence-electron chi connectivity index (χ0n) is 10.7. The van der Waals surface area contributed by atoms with E-state index in [1.165, 1.54) is 4.68 Å². The van der Waals surface area contributed by atoms with Crippen LogP contribution in [0, 0.1) is 5.92 Å². The Morgan fingerprint density at radius 2 is 2.12 bits per heavy atom. The number of aryl methyl sites for hydroxylation is 1. The van der Waals surface area contributed by atoms with Gasteiger partial charge in [-0.25, -0.2) is 8.78 Å². The molecule has 0 bridgehead atoms. The highest BCUT2D eigenvalue weighted by Gasteiger charge is 2.19. The molecule has 0 amide bonds. The number of alkyl halides is 2. The van der Waals surface area contributed by atoms with E-state index in [1.807, 2.05) is 6.92 Å². The van der Waals surface area contributed by atoms with Crippen LogP contribution in [0.4, 0.5) is 8.78 Å².